The molecule has 0 aromatic heterocycles. The van der Waals surface area contributed by atoms with Gasteiger partial charge in [0, 0.05) is 26.9 Å². The maximum absolute atomic E-state index is 9.00. The van der Waals surface area contributed by atoms with Crippen LogP contribution < -0.4 is 33.6 Å². The molecule has 4 unspecified atom stereocenters. The third-order valence-corrected chi connectivity index (χ3v) is 5.74. The van der Waals surface area contributed by atoms with E-state index in [0.29, 0.717) is 48.8 Å². The fourth-order valence-electron chi connectivity index (χ4n) is 3.46. The van der Waals surface area contributed by atoms with Crippen LogP contribution in [0.1, 0.15) is 107 Å². The number of nitrogens with zero attached hydrogens (tertiary/aromatic N) is 4. The van der Waals surface area contributed by atoms with E-state index in [1.54, 1.807) is 0 Å². The van der Waals surface area contributed by atoms with Crippen molar-refractivity contribution >= 4 is 35.8 Å². The second-order valence-corrected chi connectivity index (χ2v) is 10.5. The number of carboxylic acids is 2. The second-order valence-electron chi connectivity index (χ2n) is 10.5. The third kappa shape index (κ3) is 36.4. The summed E-state index contributed by atoms with van der Waals surface area (Å²) in [4.78, 5) is 35.5. The van der Waals surface area contributed by atoms with Crippen LogP contribution in [-0.4, -0.2) is 71.2 Å². The van der Waals surface area contributed by atoms with Crippen molar-refractivity contribution in [2.45, 2.75) is 119 Å². The predicted molar refractivity (Wildman–Crippen MR) is 175 cm³/mol. The lowest BCUT2D eigenvalue weighted by atomic mass is 10.0. The first-order chi connectivity index (χ1) is 19.5. The normalized spacial score (nSPS) is 15.1. The number of guanidine groups is 4. The van der Waals surface area contributed by atoms with Crippen molar-refractivity contribution in [2.75, 3.05) is 13.1 Å². The summed E-state index contributed by atoms with van der Waals surface area (Å²) in [5, 5.41) is 20.6. The maximum atomic E-state index is 9.00. The Labute approximate surface area is 253 Å². The van der Waals surface area contributed by atoms with Crippen molar-refractivity contribution in [1.29, 1.82) is 0 Å². The number of hydrogen-bond acceptors (Lipinski definition) is 6. The zero-order chi connectivity index (χ0) is 33.1. The molecule has 0 heterocycles. The Morgan fingerprint density at radius 2 is 0.905 bits per heavy atom. The van der Waals surface area contributed by atoms with Crippen molar-refractivity contribution < 1.29 is 19.8 Å². The van der Waals surface area contributed by atoms with Gasteiger partial charge in [0.15, 0.2) is 23.8 Å². The Hall–Kier alpha value is -3.58. The van der Waals surface area contributed by atoms with Gasteiger partial charge in [0.1, 0.15) is 0 Å². The van der Waals surface area contributed by atoms with Crippen LogP contribution in [0.25, 0.3) is 0 Å². The van der Waals surface area contributed by atoms with Gasteiger partial charge < -0.3 is 33.1 Å². The third-order valence-electron chi connectivity index (χ3n) is 5.74. The summed E-state index contributed by atoms with van der Waals surface area (Å²) >= 11 is 0. The molecule has 0 aromatic carbocycles. The van der Waals surface area contributed by atoms with Crippen molar-refractivity contribution in [3.63, 3.8) is 0 Å². The van der Waals surface area contributed by atoms with Crippen LogP contribution >= 0.6 is 0 Å². The van der Waals surface area contributed by atoms with E-state index in [-0.39, 0.29) is 12.1 Å². The van der Waals surface area contributed by atoms with E-state index >= 15 is 0 Å². The molecule has 0 saturated carbocycles. The van der Waals surface area contributed by atoms with Gasteiger partial charge in [-0.3, -0.25) is 40.2 Å². The van der Waals surface area contributed by atoms with E-state index in [0.717, 1.165) is 65.2 Å². The smallest absolute Gasteiger partial charge is 0.300 e. The zero-order valence-corrected chi connectivity index (χ0v) is 27.2. The molecule has 0 saturated heterocycles. The van der Waals surface area contributed by atoms with Gasteiger partial charge in [-0.05, 0) is 51.4 Å². The Bertz CT molecular complexity index is 771. The summed E-state index contributed by atoms with van der Waals surface area (Å²) in [7, 11) is 0. The summed E-state index contributed by atoms with van der Waals surface area (Å²) in [5.41, 5.74) is 23.6. The molecule has 0 radical (unpaired) electrons. The van der Waals surface area contributed by atoms with E-state index in [1.165, 1.54) is 0 Å². The molecule has 0 aliphatic rings. The molecule has 4 atom stereocenters. The monoisotopic (exact) mass is 600 g/mol. The average Bonchev–Trinajstić information content (AvgIpc) is 2.84. The molecule has 0 aromatic rings. The van der Waals surface area contributed by atoms with Crippen LogP contribution in [0.2, 0.25) is 0 Å². The molecular formula is C28H60N10O4. The molecule has 0 spiro atoms. The number of aliphatic carboxylic acids is 2. The minimum Gasteiger partial charge on any atom is -0.481 e. The van der Waals surface area contributed by atoms with Gasteiger partial charge in [0.05, 0.1) is 12.1 Å². The van der Waals surface area contributed by atoms with Gasteiger partial charge >= 0.3 is 0 Å². The highest BCUT2D eigenvalue weighted by atomic mass is 16.4. The van der Waals surface area contributed by atoms with Crippen LogP contribution in [0.4, 0.5) is 0 Å². The fraction of sp³-hybridized carbons (Fsp3) is 0.786. The average molecular weight is 601 g/mol. The summed E-state index contributed by atoms with van der Waals surface area (Å²) < 4.78 is 0. The van der Waals surface area contributed by atoms with E-state index in [2.05, 4.69) is 72.1 Å². The summed E-state index contributed by atoms with van der Waals surface area (Å²) in [6.07, 6.45) is 8.21. The molecular weight excluding hydrogens is 540 g/mol. The topological polar surface area (TPSA) is 252 Å². The SMILES string of the molecule is CC(=O)O.CC(=O)O.CCC(C)CC(C)N=C(N)NC(N)=NCCCCCCN=C(N)NC(N)=NC(C)CC(C)CC. The highest BCUT2D eigenvalue weighted by Gasteiger charge is 2.08. The van der Waals surface area contributed by atoms with E-state index in [4.69, 9.17) is 42.7 Å². The number of carbonyl (C=O) groups is 2. The van der Waals surface area contributed by atoms with Gasteiger partial charge in [-0.1, -0.05) is 53.4 Å². The lowest BCUT2D eigenvalue weighted by Crippen LogP contribution is -2.42. The lowest BCUT2D eigenvalue weighted by molar-refractivity contribution is -0.135. The van der Waals surface area contributed by atoms with Crippen LogP contribution in [-0.2, 0) is 9.59 Å². The zero-order valence-electron chi connectivity index (χ0n) is 27.2. The second kappa shape index (κ2) is 27.6. The Morgan fingerprint density at radius 1 is 0.619 bits per heavy atom. The lowest BCUT2D eigenvalue weighted by Gasteiger charge is -2.13. The standard InChI is InChI=1S/C24H52N10.2C2H4O2/c1-7-17(3)15-19(5)31-23(27)33-21(25)29-13-11-9-10-12-14-30-22(26)34-24(28)32-20(6)16-18(4)8-2;2*1-2(3)4/h17-20H,7-16H2,1-6H3,(H5,25,27,29,31,33)(H5,26,28,30,32,34);2*1H3,(H,3,4). The molecule has 12 N–H and O–H groups in total. The summed E-state index contributed by atoms with van der Waals surface area (Å²) in [5.74, 6) is 0.817. The van der Waals surface area contributed by atoms with Crippen molar-refractivity contribution in [3.8, 4) is 0 Å². The van der Waals surface area contributed by atoms with Crippen LogP contribution in [0.3, 0.4) is 0 Å². The van der Waals surface area contributed by atoms with E-state index in [1.807, 2.05) is 0 Å². The minimum absolute atomic E-state index is 0.157. The molecule has 0 bridgehead atoms. The molecule has 14 heteroatoms. The molecule has 246 valence electrons. The largest absolute Gasteiger partial charge is 0.481 e. The predicted octanol–water partition coefficient (Wildman–Crippen LogP) is 2.82. The molecule has 0 aliphatic heterocycles. The number of carboxylic acid groups (broad SMARTS) is 2. The van der Waals surface area contributed by atoms with Crippen LogP contribution in [0.5, 0.6) is 0 Å². The number of nitrogens with one attached hydrogen (secondary N) is 2. The van der Waals surface area contributed by atoms with Crippen molar-refractivity contribution in [3.05, 3.63) is 0 Å². The number of nitrogens with two attached hydrogens (primary N) is 4. The molecule has 0 aliphatic carbocycles. The first-order valence-corrected chi connectivity index (χ1v) is 14.7. The number of hydrogen-bond donors (Lipinski definition) is 8. The van der Waals surface area contributed by atoms with E-state index in [9.17, 15) is 0 Å². The molecule has 42 heavy (non-hydrogen) atoms. The highest BCUT2D eigenvalue weighted by molar-refractivity contribution is 5.97. The van der Waals surface area contributed by atoms with Crippen molar-refractivity contribution in [1.82, 2.24) is 10.6 Å². The first kappa shape index (κ1) is 42.9. The van der Waals surface area contributed by atoms with Gasteiger partial charge in [-0.15, -0.1) is 0 Å². The molecule has 0 fully saturated rings. The number of rotatable bonds is 15. The molecule has 14 nitrogen and oxygen atoms in total. The first-order valence-electron chi connectivity index (χ1n) is 14.7. The highest BCUT2D eigenvalue weighted by Crippen LogP contribution is 2.12. The summed E-state index contributed by atoms with van der Waals surface area (Å²) in [6, 6.07) is 0.313. The van der Waals surface area contributed by atoms with Crippen molar-refractivity contribution in [2.24, 2.45) is 54.7 Å². The molecule has 0 amide bonds. The number of unbranched alkanes of at least 4 members (excludes halogenated alkanes) is 3. The fourth-order valence-corrected chi connectivity index (χ4v) is 3.46. The van der Waals surface area contributed by atoms with Gasteiger partial charge in [-0.25, -0.2) is 0 Å². The Kier molecular flexibility index (Phi) is 28.2. The summed E-state index contributed by atoms with van der Waals surface area (Å²) in [6.45, 7) is 16.3. The Morgan fingerprint density at radius 3 is 1.17 bits per heavy atom. The Balaban J connectivity index is -0.00000167. The maximum Gasteiger partial charge on any atom is 0.300 e. The minimum atomic E-state index is -0.833. The van der Waals surface area contributed by atoms with Gasteiger partial charge in [0.25, 0.3) is 11.9 Å². The van der Waals surface area contributed by atoms with Gasteiger partial charge in [0.2, 0.25) is 0 Å². The quantitative estimate of drug-likeness (QED) is 0.0774. The van der Waals surface area contributed by atoms with Crippen LogP contribution in [0, 0.1) is 11.8 Å². The number of aliphatic imine (C=N–C) groups is 4. The van der Waals surface area contributed by atoms with Crippen LogP contribution in [0.15, 0.2) is 20.0 Å². The molecule has 0 rings (SSSR count). The van der Waals surface area contributed by atoms with E-state index < -0.39 is 11.9 Å². The van der Waals surface area contributed by atoms with Gasteiger partial charge in [-0.2, -0.15) is 0 Å².